The fourth-order valence-electron chi connectivity index (χ4n) is 0.988. The lowest BCUT2D eigenvalue weighted by atomic mass is 10.3. The van der Waals surface area contributed by atoms with E-state index in [1.807, 2.05) is 0 Å². The van der Waals surface area contributed by atoms with E-state index in [-0.39, 0.29) is 12.2 Å². The zero-order chi connectivity index (χ0) is 12.7. The number of pyridine rings is 1. The molecule has 6 heteroatoms. The van der Waals surface area contributed by atoms with Crippen LogP contribution in [0.3, 0.4) is 0 Å². The molecule has 0 aliphatic rings. The number of nitrogens with zero attached hydrogens (tertiary/aromatic N) is 2. The Morgan fingerprint density at radius 1 is 1.76 bits per heavy atom. The van der Waals surface area contributed by atoms with Crippen molar-refractivity contribution in [2.45, 2.75) is 6.92 Å². The van der Waals surface area contributed by atoms with Crippen LogP contribution in [-0.4, -0.2) is 17.6 Å². The lowest BCUT2D eigenvalue weighted by Crippen LogP contribution is -2.08. The maximum Gasteiger partial charge on any atom is 0.350 e. The first-order valence-corrected chi connectivity index (χ1v) is 5.20. The minimum absolute atomic E-state index is 0.125. The van der Waals surface area contributed by atoms with Crippen molar-refractivity contribution in [1.82, 2.24) is 4.98 Å². The van der Waals surface area contributed by atoms with Gasteiger partial charge < -0.3 is 10.1 Å². The van der Waals surface area contributed by atoms with Crippen molar-refractivity contribution in [3.05, 3.63) is 35.3 Å². The van der Waals surface area contributed by atoms with E-state index in [9.17, 15) is 4.79 Å². The minimum Gasteiger partial charge on any atom is -0.462 e. The minimum atomic E-state index is -0.673. The maximum absolute atomic E-state index is 11.3. The molecule has 0 aromatic carbocycles. The van der Waals surface area contributed by atoms with Crippen LogP contribution in [0.25, 0.3) is 0 Å². The monoisotopic (exact) mass is 251 g/mol. The van der Waals surface area contributed by atoms with Gasteiger partial charge in [0.05, 0.1) is 17.3 Å². The van der Waals surface area contributed by atoms with Crippen LogP contribution in [0.15, 0.2) is 30.2 Å². The molecule has 0 unspecified atom stereocenters. The molecule has 0 aliphatic heterocycles. The molecule has 1 heterocycles. The number of nitrogens with one attached hydrogen (secondary N) is 1. The number of ether oxygens (including phenoxy) is 1. The summed E-state index contributed by atoms with van der Waals surface area (Å²) in [5.74, 6) is -0.673. The molecule has 0 atom stereocenters. The molecule has 0 aliphatic carbocycles. The Bertz CT molecular complexity index is 480. The molecule has 0 radical (unpaired) electrons. The molecule has 0 saturated carbocycles. The summed E-state index contributed by atoms with van der Waals surface area (Å²) in [5.41, 5.74) is 0.429. The number of carbonyl (C=O) groups excluding carboxylic acids is 1. The standard InChI is InChI=1S/C11H10ClN3O2/c1-2-17-11(16)8(5-13)6-15-10-3-4-14-7-9(10)12/h3-4,6-7H,2H2,1H3,(H,14,15)/b8-6+. The first-order valence-electron chi connectivity index (χ1n) is 4.82. The van der Waals surface area contributed by atoms with Gasteiger partial charge in [0, 0.05) is 18.6 Å². The zero-order valence-electron chi connectivity index (χ0n) is 9.11. The number of hydrogen-bond acceptors (Lipinski definition) is 5. The SMILES string of the molecule is CCOC(=O)/C(C#N)=C/Nc1ccncc1Cl. The number of esters is 1. The Balaban J connectivity index is 2.79. The highest BCUT2D eigenvalue weighted by atomic mass is 35.5. The van der Waals surface area contributed by atoms with Crippen molar-refractivity contribution in [3.63, 3.8) is 0 Å². The molecule has 0 amide bonds. The molecule has 0 saturated heterocycles. The summed E-state index contributed by atoms with van der Waals surface area (Å²) in [6, 6.07) is 3.37. The first-order chi connectivity index (χ1) is 8.19. The third kappa shape index (κ3) is 3.78. The topological polar surface area (TPSA) is 75.0 Å². The summed E-state index contributed by atoms with van der Waals surface area (Å²) in [7, 11) is 0. The first kappa shape index (κ1) is 13.0. The van der Waals surface area contributed by atoms with Crippen LogP contribution in [-0.2, 0) is 9.53 Å². The van der Waals surface area contributed by atoms with E-state index in [2.05, 4.69) is 10.3 Å². The zero-order valence-corrected chi connectivity index (χ0v) is 9.86. The number of aromatic nitrogens is 1. The predicted molar refractivity (Wildman–Crippen MR) is 63.2 cm³/mol. The van der Waals surface area contributed by atoms with E-state index in [0.29, 0.717) is 10.7 Å². The molecule has 1 N–H and O–H groups in total. The summed E-state index contributed by atoms with van der Waals surface area (Å²) in [6.45, 7) is 1.88. The summed E-state index contributed by atoms with van der Waals surface area (Å²) in [6.07, 6.45) is 4.24. The molecule has 1 aromatic rings. The number of halogens is 1. The Hall–Kier alpha value is -2.06. The van der Waals surface area contributed by atoms with Crippen molar-refractivity contribution in [3.8, 4) is 6.07 Å². The van der Waals surface area contributed by atoms with Crippen LogP contribution in [0.1, 0.15) is 6.92 Å². The molecule has 1 rings (SSSR count). The highest BCUT2D eigenvalue weighted by molar-refractivity contribution is 6.33. The van der Waals surface area contributed by atoms with Gasteiger partial charge in [-0.3, -0.25) is 4.98 Å². The number of rotatable bonds is 4. The second kappa shape index (κ2) is 6.51. The van der Waals surface area contributed by atoms with Crippen LogP contribution in [0, 0.1) is 11.3 Å². The van der Waals surface area contributed by atoms with Crippen LogP contribution in [0.4, 0.5) is 5.69 Å². The molecule has 1 aromatic heterocycles. The normalized spacial score (nSPS) is 10.5. The van der Waals surface area contributed by atoms with E-state index in [1.54, 1.807) is 25.3 Å². The fourth-order valence-corrected chi connectivity index (χ4v) is 1.16. The van der Waals surface area contributed by atoms with Crippen molar-refractivity contribution < 1.29 is 9.53 Å². The summed E-state index contributed by atoms with van der Waals surface area (Å²) < 4.78 is 4.70. The van der Waals surface area contributed by atoms with Crippen LogP contribution < -0.4 is 5.32 Å². The molecule has 0 spiro atoms. The van der Waals surface area contributed by atoms with Crippen molar-refractivity contribution in [1.29, 1.82) is 5.26 Å². The van der Waals surface area contributed by atoms with Crippen molar-refractivity contribution in [2.24, 2.45) is 0 Å². The quantitative estimate of drug-likeness (QED) is 0.504. The number of anilines is 1. The van der Waals surface area contributed by atoms with Crippen molar-refractivity contribution in [2.75, 3.05) is 11.9 Å². The van der Waals surface area contributed by atoms with Gasteiger partial charge in [-0.25, -0.2) is 4.79 Å². The highest BCUT2D eigenvalue weighted by Gasteiger charge is 2.09. The maximum atomic E-state index is 11.3. The summed E-state index contributed by atoms with van der Waals surface area (Å²) >= 11 is 5.84. The molecule has 0 bridgehead atoms. The molecule has 0 fully saturated rings. The molecular weight excluding hydrogens is 242 g/mol. The van der Waals surface area contributed by atoms with Gasteiger partial charge in [-0.05, 0) is 13.0 Å². The molecule has 88 valence electrons. The average molecular weight is 252 g/mol. The van der Waals surface area contributed by atoms with Crippen LogP contribution in [0.5, 0.6) is 0 Å². The third-order valence-electron chi connectivity index (χ3n) is 1.76. The van der Waals surface area contributed by atoms with E-state index in [1.165, 1.54) is 12.4 Å². The molecule has 5 nitrogen and oxygen atoms in total. The fraction of sp³-hybridized carbons (Fsp3) is 0.182. The second-order valence-electron chi connectivity index (χ2n) is 2.89. The van der Waals surface area contributed by atoms with E-state index in [4.69, 9.17) is 21.6 Å². The predicted octanol–water partition coefficient (Wildman–Crippen LogP) is 2.12. The van der Waals surface area contributed by atoms with E-state index in [0.717, 1.165) is 0 Å². The van der Waals surface area contributed by atoms with Gasteiger partial charge in [-0.15, -0.1) is 0 Å². The number of nitriles is 1. The number of carbonyl (C=O) groups is 1. The largest absolute Gasteiger partial charge is 0.462 e. The van der Waals surface area contributed by atoms with Gasteiger partial charge >= 0.3 is 5.97 Å². The number of hydrogen-bond donors (Lipinski definition) is 1. The van der Waals surface area contributed by atoms with Crippen LogP contribution in [0.2, 0.25) is 5.02 Å². The van der Waals surface area contributed by atoms with Crippen LogP contribution >= 0.6 is 11.6 Å². The highest BCUT2D eigenvalue weighted by Crippen LogP contribution is 2.19. The Labute approximate surface area is 104 Å². The summed E-state index contributed by atoms with van der Waals surface area (Å²) in [5, 5.41) is 11.9. The van der Waals surface area contributed by atoms with Gasteiger partial charge in [0.15, 0.2) is 5.57 Å². The molecular formula is C11H10ClN3O2. The van der Waals surface area contributed by atoms with Gasteiger partial charge in [-0.1, -0.05) is 11.6 Å². The lowest BCUT2D eigenvalue weighted by molar-refractivity contribution is -0.138. The second-order valence-corrected chi connectivity index (χ2v) is 3.30. The summed E-state index contributed by atoms with van der Waals surface area (Å²) in [4.78, 5) is 15.1. The Morgan fingerprint density at radius 2 is 2.53 bits per heavy atom. The van der Waals surface area contributed by atoms with Crippen molar-refractivity contribution >= 4 is 23.3 Å². The van der Waals surface area contributed by atoms with E-state index >= 15 is 0 Å². The van der Waals surface area contributed by atoms with Gasteiger partial charge in [0.1, 0.15) is 6.07 Å². The lowest BCUT2D eigenvalue weighted by Gasteiger charge is -2.03. The van der Waals surface area contributed by atoms with Gasteiger partial charge in [-0.2, -0.15) is 5.26 Å². The van der Waals surface area contributed by atoms with Gasteiger partial charge in [0.2, 0.25) is 0 Å². The molecule has 17 heavy (non-hydrogen) atoms. The van der Waals surface area contributed by atoms with Gasteiger partial charge in [0.25, 0.3) is 0 Å². The average Bonchev–Trinajstić information content (AvgIpc) is 2.32. The Kier molecular flexibility index (Phi) is 4.98. The third-order valence-corrected chi connectivity index (χ3v) is 2.06. The Morgan fingerprint density at radius 3 is 3.12 bits per heavy atom. The smallest absolute Gasteiger partial charge is 0.350 e. The van der Waals surface area contributed by atoms with E-state index < -0.39 is 5.97 Å².